The lowest BCUT2D eigenvalue weighted by Crippen LogP contribution is -2.40. The summed E-state index contributed by atoms with van der Waals surface area (Å²) < 4.78 is 32.3. The molecule has 10 heteroatoms. The minimum atomic E-state index is -3.99. The molecule has 28 heavy (non-hydrogen) atoms. The second kappa shape index (κ2) is 8.80. The van der Waals surface area contributed by atoms with Crippen LogP contribution in [0.25, 0.3) is 0 Å². The van der Waals surface area contributed by atoms with E-state index < -0.39 is 21.1 Å². The maximum Gasteiger partial charge on any atom is 0.434 e. The van der Waals surface area contributed by atoms with Crippen LogP contribution in [-0.2, 0) is 20.8 Å². The van der Waals surface area contributed by atoms with Crippen molar-refractivity contribution in [3.63, 3.8) is 0 Å². The van der Waals surface area contributed by atoms with Crippen molar-refractivity contribution in [1.82, 2.24) is 14.5 Å². The number of likely N-dealkylation sites (tertiary alicyclic amines) is 1. The van der Waals surface area contributed by atoms with E-state index in [1.54, 1.807) is 12.1 Å². The first-order chi connectivity index (χ1) is 13.3. The monoisotopic (exact) mass is 408 g/mol. The Hall–Kier alpha value is -2.30. The third kappa shape index (κ3) is 5.15. The molecule has 9 nitrogen and oxygen atoms in total. The van der Waals surface area contributed by atoms with Crippen LogP contribution in [0, 0.1) is 17.0 Å². The molecule has 1 aromatic carbocycles. The van der Waals surface area contributed by atoms with Gasteiger partial charge in [-0.15, -0.1) is 0 Å². The maximum absolute atomic E-state index is 12.7. The van der Waals surface area contributed by atoms with E-state index in [1.165, 1.54) is 29.1 Å². The second-order valence-electron chi connectivity index (χ2n) is 6.98. The van der Waals surface area contributed by atoms with Gasteiger partial charge in [0, 0.05) is 6.54 Å². The maximum atomic E-state index is 12.7. The van der Waals surface area contributed by atoms with Gasteiger partial charge in [-0.05, 0) is 49.9 Å². The molecule has 0 amide bonds. The van der Waals surface area contributed by atoms with Gasteiger partial charge in [0.05, 0.1) is 4.90 Å². The molecule has 1 saturated heterocycles. The van der Waals surface area contributed by atoms with Gasteiger partial charge in [0.25, 0.3) is 10.1 Å². The van der Waals surface area contributed by atoms with Crippen LogP contribution in [-0.4, -0.2) is 53.5 Å². The largest absolute Gasteiger partial charge is 0.434 e. The van der Waals surface area contributed by atoms with Crippen molar-refractivity contribution in [3.8, 4) is 0 Å². The van der Waals surface area contributed by atoms with Crippen LogP contribution in [0.3, 0.4) is 0 Å². The lowest BCUT2D eigenvalue weighted by atomic mass is 10.1. The van der Waals surface area contributed by atoms with Gasteiger partial charge in [0.1, 0.15) is 25.0 Å². The molecule has 0 aliphatic carbocycles. The summed E-state index contributed by atoms with van der Waals surface area (Å²) in [6, 6.07) is 6.41. The van der Waals surface area contributed by atoms with Gasteiger partial charge in [0.15, 0.2) is 0 Å². The highest BCUT2D eigenvalue weighted by molar-refractivity contribution is 7.86. The molecular formula is C18H24N4O5S. The molecule has 1 fully saturated rings. The summed E-state index contributed by atoms with van der Waals surface area (Å²) >= 11 is 0. The Labute approximate surface area is 164 Å². The normalized spacial score (nSPS) is 16.8. The Bertz CT molecular complexity index is 904. The molecule has 0 bridgehead atoms. The van der Waals surface area contributed by atoms with Crippen LogP contribution in [0.5, 0.6) is 0 Å². The average Bonchev–Trinajstić information content (AvgIpc) is 3.11. The Balaban J connectivity index is 1.81. The molecule has 1 aliphatic heterocycles. The van der Waals surface area contributed by atoms with E-state index >= 15 is 0 Å². The number of nitrogens with zero attached hydrogens (tertiary/aromatic N) is 4. The van der Waals surface area contributed by atoms with E-state index in [0.29, 0.717) is 6.54 Å². The van der Waals surface area contributed by atoms with Crippen molar-refractivity contribution in [1.29, 1.82) is 0 Å². The number of piperidine rings is 1. The molecule has 1 aliphatic rings. The van der Waals surface area contributed by atoms with Gasteiger partial charge in [-0.25, -0.2) is 4.57 Å². The Kier molecular flexibility index (Phi) is 6.42. The van der Waals surface area contributed by atoms with Crippen LogP contribution in [0.4, 0.5) is 5.95 Å². The molecule has 1 unspecified atom stereocenters. The molecule has 0 saturated carbocycles. The number of hydrogen-bond donors (Lipinski definition) is 0. The van der Waals surface area contributed by atoms with E-state index in [4.69, 9.17) is 4.18 Å². The smallest absolute Gasteiger partial charge is 0.390 e. The molecule has 0 N–H and O–H groups in total. The number of hydrogen-bond acceptors (Lipinski definition) is 7. The standard InChI is InChI=1S/C18H24N4O5S/c1-15-5-7-17(8-6-15)28(25,26)27-16(13-20-10-3-2-4-11-20)14-21-12-9-19-18(21)22(23)24/h5-9,12,16H,2-4,10-11,13-14H2,1H3. The van der Waals surface area contributed by atoms with Crippen molar-refractivity contribution in [2.24, 2.45) is 0 Å². The molecule has 3 rings (SSSR count). The summed E-state index contributed by atoms with van der Waals surface area (Å²) in [6.45, 7) is 3.99. The fourth-order valence-corrected chi connectivity index (χ4v) is 4.38. The molecule has 1 aromatic heterocycles. The Morgan fingerprint density at radius 1 is 1.18 bits per heavy atom. The highest BCUT2D eigenvalue weighted by Gasteiger charge is 2.28. The molecule has 152 valence electrons. The van der Waals surface area contributed by atoms with E-state index in [9.17, 15) is 18.5 Å². The zero-order valence-electron chi connectivity index (χ0n) is 15.7. The average molecular weight is 408 g/mol. The predicted molar refractivity (Wildman–Crippen MR) is 102 cm³/mol. The van der Waals surface area contributed by atoms with Crippen LogP contribution >= 0.6 is 0 Å². The summed E-state index contributed by atoms with van der Waals surface area (Å²) in [5.74, 6) is -0.333. The third-order valence-corrected chi connectivity index (χ3v) is 6.12. The molecule has 0 spiro atoms. The minimum Gasteiger partial charge on any atom is -0.390 e. The highest BCUT2D eigenvalue weighted by atomic mass is 32.2. The van der Waals surface area contributed by atoms with Crippen molar-refractivity contribution in [2.75, 3.05) is 19.6 Å². The lowest BCUT2D eigenvalue weighted by Gasteiger charge is -2.29. The second-order valence-corrected chi connectivity index (χ2v) is 8.56. The molecule has 2 heterocycles. The van der Waals surface area contributed by atoms with Gasteiger partial charge in [-0.2, -0.15) is 8.42 Å². The number of nitro groups is 1. The first-order valence-corrected chi connectivity index (χ1v) is 10.6. The number of aromatic nitrogens is 2. The quantitative estimate of drug-likeness (QED) is 0.375. The molecule has 2 aromatic rings. The zero-order valence-corrected chi connectivity index (χ0v) is 16.5. The topological polar surface area (TPSA) is 108 Å². The van der Waals surface area contributed by atoms with Gasteiger partial charge >= 0.3 is 5.95 Å². The number of rotatable bonds is 8. The first-order valence-electron chi connectivity index (χ1n) is 9.23. The lowest BCUT2D eigenvalue weighted by molar-refractivity contribution is -0.397. The predicted octanol–water partition coefficient (Wildman–Crippen LogP) is 2.36. The number of aryl methyl sites for hydroxylation is 1. The van der Waals surface area contributed by atoms with Crippen molar-refractivity contribution in [2.45, 2.75) is 43.7 Å². The fraction of sp³-hybridized carbons (Fsp3) is 0.500. The summed E-state index contributed by atoms with van der Waals surface area (Å²) in [7, 11) is -3.99. The summed E-state index contributed by atoms with van der Waals surface area (Å²) in [6.07, 6.45) is 5.26. The van der Waals surface area contributed by atoms with E-state index in [-0.39, 0.29) is 17.4 Å². The first kappa shape index (κ1) is 20.4. The van der Waals surface area contributed by atoms with Crippen LogP contribution < -0.4 is 0 Å². The van der Waals surface area contributed by atoms with Crippen LogP contribution in [0.2, 0.25) is 0 Å². The van der Waals surface area contributed by atoms with Gasteiger partial charge < -0.3 is 15.0 Å². The van der Waals surface area contributed by atoms with Crippen molar-refractivity contribution < 1.29 is 17.5 Å². The highest BCUT2D eigenvalue weighted by Crippen LogP contribution is 2.19. The van der Waals surface area contributed by atoms with Crippen molar-refractivity contribution >= 4 is 16.1 Å². The third-order valence-electron chi connectivity index (χ3n) is 4.74. The summed E-state index contributed by atoms with van der Waals surface area (Å²) in [5, 5.41) is 11.1. The summed E-state index contributed by atoms with van der Waals surface area (Å²) in [4.78, 5) is 16.5. The minimum absolute atomic E-state index is 0.0257. The van der Waals surface area contributed by atoms with E-state index in [0.717, 1.165) is 37.9 Å². The van der Waals surface area contributed by atoms with Gasteiger partial charge in [0.2, 0.25) is 0 Å². The molecule has 0 radical (unpaired) electrons. The SMILES string of the molecule is Cc1ccc(S(=O)(=O)OC(CN2CCCCC2)Cn2ccnc2[N+](=O)[O-])cc1. The van der Waals surface area contributed by atoms with Gasteiger partial charge in [-0.3, -0.25) is 4.18 Å². The molecule has 1 atom stereocenters. The molecular weight excluding hydrogens is 384 g/mol. The van der Waals surface area contributed by atoms with E-state index in [1.807, 2.05) is 6.92 Å². The summed E-state index contributed by atoms with van der Waals surface area (Å²) in [5.41, 5.74) is 0.942. The fourth-order valence-electron chi connectivity index (χ4n) is 3.32. The zero-order chi connectivity index (χ0) is 20.1. The van der Waals surface area contributed by atoms with Crippen LogP contribution in [0.1, 0.15) is 24.8 Å². The van der Waals surface area contributed by atoms with E-state index in [2.05, 4.69) is 9.88 Å². The van der Waals surface area contributed by atoms with Gasteiger partial charge in [-0.1, -0.05) is 29.1 Å². The number of imidazole rings is 1. The Morgan fingerprint density at radius 3 is 2.50 bits per heavy atom. The van der Waals surface area contributed by atoms with Crippen molar-refractivity contribution in [3.05, 3.63) is 52.3 Å². The Morgan fingerprint density at radius 2 is 1.86 bits per heavy atom. The number of benzene rings is 1. The van der Waals surface area contributed by atoms with Crippen LogP contribution in [0.15, 0.2) is 41.6 Å².